The van der Waals surface area contributed by atoms with Crippen LogP contribution in [0.1, 0.15) is 45.2 Å². The van der Waals surface area contributed by atoms with Crippen molar-refractivity contribution in [3.8, 4) is 0 Å². The maximum Gasteiger partial charge on any atom is 0.190 e. The smallest absolute Gasteiger partial charge is 0.190 e. The van der Waals surface area contributed by atoms with Gasteiger partial charge in [-0.05, 0) is 38.8 Å². The van der Waals surface area contributed by atoms with Crippen LogP contribution in [0.25, 0.3) is 0 Å². The fraction of sp³-hybridized carbons (Fsp3) is 0.594. The largest absolute Gasteiger partial charge is 0.374 e. The molecular formula is C32H40O10. The van der Waals surface area contributed by atoms with Crippen molar-refractivity contribution in [2.45, 2.75) is 108 Å². The summed E-state index contributed by atoms with van der Waals surface area (Å²) in [5.41, 5.74) is 2.00. The summed E-state index contributed by atoms with van der Waals surface area (Å²) in [5, 5.41) is 0. The third-order valence-corrected chi connectivity index (χ3v) is 7.71. The van der Waals surface area contributed by atoms with Crippen LogP contribution in [0.4, 0.5) is 0 Å². The second-order valence-electron chi connectivity index (χ2n) is 12.0. The molecule has 0 aromatic heterocycles. The van der Waals surface area contributed by atoms with Gasteiger partial charge < -0.3 is 42.6 Å². The molecule has 10 heteroatoms. The van der Waals surface area contributed by atoms with Crippen molar-refractivity contribution in [3.63, 3.8) is 0 Å². The maximum absolute atomic E-state index is 13.4. The molecular weight excluding hydrogens is 544 g/mol. The molecule has 0 unspecified atom stereocenters. The van der Waals surface area contributed by atoms with Crippen LogP contribution in [-0.4, -0.2) is 79.8 Å². The van der Waals surface area contributed by atoms with Crippen molar-refractivity contribution < 1.29 is 47.4 Å². The van der Waals surface area contributed by atoms with Crippen molar-refractivity contribution in [1.82, 2.24) is 0 Å². The zero-order valence-electron chi connectivity index (χ0n) is 24.5. The third-order valence-electron chi connectivity index (χ3n) is 7.71. The summed E-state index contributed by atoms with van der Waals surface area (Å²) < 4.78 is 55.2. The SMILES string of the molecule is CC1(C)O[C@H]2[C@@H](O1)[C@@H](CO[C@@H]1CC(=O)[C@H](OCc3ccccc3)[C@@H](COCc3ccccc3)O1)O[C@@H]1OC(C)(C)O[C@@H]12. The van der Waals surface area contributed by atoms with Gasteiger partial charge in [-0.2, -0.15) is 0 Å². The molecule has 0 N–H and O–H groups in total. The van der Waals surface area contributed by atoms with Gasteiger partial charge in [-0.1, -0.05) is 60.7 Å². The quantitative estimate of drug-likeness (QED) is 0.409. The van der Waals surface area contributed by atoms with Crippen LogP contribution in [0.5, 0.6) is 0 Å². The third kappa shape index (κ3) is 6.93. The number of rotatable bonds is 10. The number of fused-ring (bicyclic) bond motifs is 3. The molecule has 0 aliphatic carbocycles. The minimum atomic E-state index is -0.816. The van der Waals surface area contributed by atoms with Crippen LogP contribution >= 0.6 is 0 Å². The van der Waals surface area contributed by atoms with Crippen LogP contribution in [0.2, 0.25) is 0 Å². The van der Waals surface area contributed by atoms with Gasteiger partial charge in [-0.3, -0.25) is 4.79 Å². The summed E-state index contributed by atoms with van der Waals surface area (Å²) in [6, 6.07) is 19.6. The Kier molecular flexibility index (Phi) is 8.80. The van der Waals surface area contributed by atoms with Crippen molar-refractivity contribution in [2.24, 2.45) is 0 Å². The van der Waals surface area contributed by atoms with Gasteiger partial charge in [-0.15, -0.1) is 0 Å². The lowest BCUT2D eigenvalue weighted by atomic mass is 9.99. The number of hydrogen-bond donors (Lipinski definition) is 0. The van der Waals surface area contributed by atoms with E-state index in [1.54, 1.807) is 0 Å². The van der Waals surface area contributed by atoms with E-state index < -0.39 is 60.8 Å². The first-order valence-corrected chi connectivity index (χ1v) is 14.6. The molecule has 2 aromatic rings. The van der Waals surface area contributed by atoms with E-state index in [9.17, 15) is 4.79 Å². The summed E-state index contributed by atoms with van der Waals surface area (Å²) in [5.74, 6) is -1.73. The fourth-order valence-corrected chi connectivity index (χ4v) is 5.88. The van der Waals surface area contributed by atoms with Crippen LogP contribution in [0, 0.1) is 0 Å². The molecule has 4 fully saturated rings. The fourth-order valence-electron chi connectivity index (χ4n) is 5.88. The van der Waals surface area contributed by atoms with Crippen molar-refractivity contribution >= 4 is 5.78 Å². The number of ether oxygens (including phenoxy) is 9. The van der Waals surface area contributed by atoms with E-state index in [1.807, 2.05) is 88.4 Å². The van der Waals surface area contributed by atoms with Crippen LogP contribution < -0.4 is 0 Å². The predicted molar refractivity (Wildman–Crippen MR) is 148 cm³/mol. The molecule has 0 amide bonds. The molecule has 0 radical (unpaired) electrons. The van der Waals surface area contributed by atoms with Crippen molar-refractivity contribution in [1.29, 1.82) is 0 Å². The van der Waals surface area contributed by atoms with Crippen molar-refractivity contribution in [3.05, 3.63) is 71.8 Å². The molecule has 6 rings (SSSR count). The van der Waals surface area contributed by atoms with Gasteiger partial charge in [-0.25, -0.2) is 0 Å². The van der Waals surface area contributed by atoms with Crippen LogP contribution in [-0.2, 0) is 60.6 Å². The van der Waals surface area contributed by atoms with Gasteiger partial charge in [0.1, 0.15) is 36.6 Å². The summed E-state index contributed by atoms with van der Waals surface area (Å²) >= 11 is 0. The van der Waals surface area contributed by atoms with E-state index in [2.05, 4.69) is 0 Å². The van der Waals surface area contributed by atoms with Gasteiger partial charge in [0, 0.05) is 0 Å². The Morgan fingerprint density at radius 3 is 2.02 bits per heavy atom. The summed E-state index contributed by atoms with van der Waals surface area (Å²) in [7, 11) is 0. The molecule has 4 heterocycles. The number of hydrogen-bond acceptors (Lipinski definition) is 10. The van der Waals surface area contributed by atoms with Gasteiger partial charge >= 0.3 is 0 Å². The normalized spacial score (nSPS) is 35.1. The highest BCUT2D eigenvalue weighted by atomic mass is 16.9. The van der Waals surface area contributed by atoms with E-state index in [-0.39, 0.29) is 32.0 Å². The Bertz CT molecular complexity index is 1190. The van der Waals surface area contributed by atoms with Gasteiger partial charge in [0.15, 0.2) is 29.9 Å². The molecule has 0 spiro atoms. The monoisotopic (exact) mass is 584 g/mol. The average molecular weight is 585 g/mol. The molecule has 0 saturated carbocycles. The molecule has 2 aromatic carbocycles. The number of benzene rings is 2. The Hall–Kier alpha value is -2.25. The van der Waals surface area contributed by atoms with Crippen LogP contribution in [0.15, 0.2) is 60.7 Å². The predicted octanol–water partition coefficient (Wildman–Crippen LogP) is 3.89. The lowest BCUT2D eigenvalue weighted by Gasteiger charge is -2.39. The zero-order chi connectivity index (χ0) is 29.3. The Labute approximate surface area is 246 Å². The minimum absolute atomic E-state index is 0.0387. The average Bonchev–Trinajstić information content (AvgIpc) is 3.46. The number of Topliss-reactive ketones (excluding diaryl/α,β-unsaturated/α-hetero) is 1. The Balaban J connectivity index is 1.10. The van der Waals surface area contributed by atoms with E-state index in [0.29, 0.717) is 6.61 Å². The van der Waals surface area contributed by atoms with E-state index in [1.165, 1.54) is 0 Å². The molecule has 10 nitrogen and oxygen atoms in total. The highest BCUT2D eigenvalue weighted by Gasteiger charge is 2.60. The van der Waals surface area contributed by atoms with E-state index >= 15 is 0 Å². The summed E-state index contributed by atoms with van der Waals surface area (Å²) in [4.78, 5) is 13.4. The molecule has 42 heavy (non-hydrogen) atoms. The Morgan fingerprint density at radius 1 is 0.690 bits per heavy atom. The first kappa shape index (κ1) is 29.8. The first-order chi connectivity index (χ1) is 20.2. The number of ketones is 1. The van der Waals surface area contributed by atoms with Gasteiger partial charge in [0.05, 0.1) is 32.8 Å². The molecule has 4 aliphatic rings. The topological polar surface area (TPSA) is 100 Å². The highest BCUT2D eigenvalue weighted by molar-refractivity contribution is 5.84. The Morgan fingerprint density at radius 2 is 1.31 bits per heavy atom. The van der Waals surface area contributed by atoms with E-state index in [4.69, 9.17) is 42.6 Å². The molecule has 4 saturated heterocycles. The second-order valence-corrected chi connectivity index (χ2v) is 12.0. The first-order valence-electron chi connectivity index (χ1n) is 14.6. The van der Waals surface area contributed by atoms with Gasteiger partial charge in [0.2, 0.25) is 0 Å². The maximum atomic E-state index is 13.4. The molecule has 4 aliphatic heterocycles. The molecule has 228 valence electrons. The van der Waals surface area contributed by atoms with E-state index in [0.717, 1.165) is 11.1 Å². The summed E-state index contributed by atoms with van der Waals surface area (Å²) in [6.07, 6.45) is -4.60. The minimum Gasteiger partial charge on any atom is -0.374 e. The molecule has 0 bridgehead atoms. The second kappa shape index (κ2) is 12.4. The highest BCUT2D eigenvalue weighted by Crippen LogP contribution is 2.44. The van der Waals surface area contributed by atoms with Crippen LogP contribution in [0.3, 0.4) is 0 Å². The zero-order valence-corrected chi connectivity index (χ0v) is 24.5. The molecule has 8 atom stereocenters. The standard InChI is InChI=1S/C32H40O10/c1-31(2)39-27-24(38-30-29(28(27)40-31)41-32(3,4)42-30)19-35-25-15-22(33)26(36-17-21-13-9-6-10-14-21)23(37-25)18-34-16-20-11-7-5-8-12-20/h5-14,23-30H,15-19H2,1-4H3/t23-,24-,25+,26+,27+,28+,29-,30-/m1/s1. The van der Waals surface area contributed by atoms with Crippen molar-refractivity contribution in [2.75, 3.05) is 13.2 Å². The number of carbonyl (C=O) groups is 1. The lowest BCUT2D eigenvalue weighted by molar-refractivity contribution is -0.271. The lowest BCUT2D eigenvalue weighted by Crippen LogP contribution is -2.57. The number of carbonyl (C=O) groups excluding carboxylic acids is 1. The summed E-state index contributed by atoms with van der Waals surface area (Å²) in [6.45, 7) is 8.35. The van der Waals surface area contributed by atoms with Gasteiger partial charge in [0.25, 0.3) is 0 Å².